The summed E-state index contributed by atoms with van der Waals surface area (Å²) >= 11 is 0. The zero-order chi connectivity index (χ0) is 13.4. The Kier molecular flexibility index (Phi) is 5.72. The molecule has 0 saturated carbocycles. The van der Waals surface area contributed by atoms with E-state index >= 15 is 0 Å². The summed E-state index contributed by atoms with van der Waals surface area (Å²) in [7, 11) is 0. The number of hydrogen-bond donors (Lipinski definition) is 1. The van der Waals surface area contributed by atoms with Crippen LogP contribution in [0.4, 0.5) is 0 Å². The van der Waals surface area contributed by atoms with Crippen molar-refractivity contribution in [3.8, 4) is 11.8 Å². The predicted molar refractivity (Wildman–Crippen MR) is 69.2 cm³/mol. The smallest absolute Gasteiger partial charge is 0.258 e. The van der Waals surface area contributed by atoms with Crippen molar-refractivity contribution in [3.63, 3.8) is 0 Å². The van der Waals surface area contributed by atoms with Gasteiger partial charge in [-0.1, -0.05) is 25.5 Å². The van der Waals surface area contributed by atoms with E-state index in [2.05, 4.69) is 12.2 Å². The summed E-state index contributed by atoms with van der Waals surface area (Å²) in [5.74, 6) is 0.280. The first kappa shape index (κ1) is 14.0. The molecule has 1 atom stereocenters. The van der Waals surface area contributed by atoms with Gasteiger partial charge in [0.15, 0.2) is 6.61 Å². The summed E-state index contributed by atoms with van der Waals surface area (Å²) in [5, 5.41) is 11.7. The second kappa shape index (κ2) is 7.33. The number of nitriles is 1. The van der Waals surface area contributed by atoms with Crippen molar-refractivity contribution >= 4 is 5.91 Å². The van der Waals surface area contributed by atoms with Crippen LogP contribution in [-0.4, -0.2) is 18.6 Å². The van der Waals surface area contributed by atoms with E-state index in [0.717, 1.165) is 12.8 Å². The Morgan fingerprint density at radius 3 is 2.89 bits per heavy atom. The zero-order valence-corrected chi connectivity index (χ0v) is 10.8. The monoisotopic (exact) mass is 246 g/mol. The molecule has 0 spiro atoms. The highest BCUT2D eigenvalue weighted by molar-refractivity contribution is 5.77. The molecule has 4 heteroatoms. The summed E-state index contributed by atoms with van der Waals surface area (Å²) in [6.07, 6.45) is 1.97. The molecule has 0 aliphatic heterocycles. The molecular formula is C14H18N2O2. The number of hydrogen-bond acceptors (Lipinski definition) is 3. The van der Waals surface area contributed by atoms with Crippen LogP contribution in [0.5, 0.6) is 5.75 Å². The normalized spacial score (nSPS) is 11.4. The lowest BCUT2D eigenvalue weighted by atomic mass is 10.2. The molecule has 0 aromatic heterocycles. The molecule has 0 aliphatic rings. The molecule has 0 bridgehead atoms. The second-order valence-electron chi connectivity index (χ2n) is 4.15. The first-order valence-corrected chi connectivity index (χ1v) is 6.08. The van der Waals surface area contributed by atoms with E-state index < -0.39 is 0 Å². The number of amides is 1. The number of carbonyl (C=O) groups is 1. The Morgan fingerprint density at radius 2 is 2.22 bits per heavy atom. The van der Waals surface area contributed by atoms with Crippen LogP contribution >= 0.6 is 0 Å². The van der Waals surface area contributed by atoms with E-state index in [1.807, 2.05) is 13.0 Å². The van der Waals surface area contributed by atoms with E-state index in [4.69, 9.17) is 10.00 Å². The van der Waals surface area contributed by atoms with Gasteiger partial charge in [0, 0.05) is 6.04 Å². The molecule has 0 aliphatic carbocycles. The van der Waals surface area contributed by atoms with Crippen LogP contribution in [0, 0.1) is 11.3 Å². The maximum Gasteiger partial charge on any atom is 0.258 e. The third-order valence-corrected chi connectivity index (χ3v) is 2.50. The van der Waals surface area contributed by atoms with Crippen LogP contribution < -0.4 is 10.1 Å². The molecular weight excluding hydrogens is 228 g/mol. The maximum absolute atomic E-state index is 11.6. The molecule has 0 heterocycles. The van der Waals surface area contributed by atoms with Gasteiger partial charge in [-0.2, -0.15) is 5.26 Å². The molecule has 1 rings (SSSR count). The minimum atomic E-state index is -0.163. The quantitative estimate of drug-likeness (QED) is 0.837. The average molecular weight is 246 g/mol. The predicted octanol–water partition coefficient (Wildman–Crippen LogP) is 2.24. The van der Waals surface area contributed by atoms with Crippen molar-refractivity contribution in [2.24, 2.45) is 0 Å². The SMILES string of the molecule is CCC[C@@H](C)NC(=O)COc1ccccc1C#N. The molecule has 1 N–H and O–H groups in total. The molecule has 1 amide bonds. The van der Waals surface area contributed by atoms with E-state index in [1.54, 1.807) is 24.3 Å². The molecule has 0 fully saturated rings. The highest BCUT2D eigenvalue weighted by Gasteiger charge is 2.08. The first-order chi connectivity index (χ1) is 8.67. The van der Waals surface area contributed by atoms with Crippen molar-refractivity contribution in [3.05, 3.63) is 29.8 Å². The largest absolute Gasteiger partial charge is 0.482 e. The van der Waals surface area contributed by atoms with E-state index in [-0.39, 0.29) is 18.6 Å². The lowest BCUT2D eigenvalue weighted by Crippen LogP contribution is -2.36. The molecule has 0 unspecified atom stereocenters. The third kappa shape index (κ3) is 4.46. The summed E-state index contributed by atoms with van der Waals surface area (Å²) in [4.78, 5) is 11.6. The minimum Gasteiger partial charge on any atom is -0.482 e. The molecule has 4 nitrogen and oxygen atoms in total. The number of para-hydroxylation sites is 1. The van der Waals surface area contributed by atoms with Crippen LogP contribution in [0.15, 0.2) is 24.3 Å². The van der Waals surface area contributed by atoms with Crippen molar-refractivity contribution in [2.45, 2.75) is 32.7 Å². The number of benzene rings is 1. The zero-order valence-electron chi connectivity index (χ0n) is 10.8. The molecule has 1 aromatic rings. The highest BCUT2D eigenvalue weighted by atomic mass is 16.5. The Bertz CT molecular complexity index is 438. The van der Waals surface area contributed by atoms with Gasteiger partial charge in [-0.25, -0.2) is 0 Å². The van der Waals surface area contributed by atoms with Crippen molar-refractivity contribution in [1.29, 1.82) is 5.26 Å². The number of nitrogens with zero attached hydrogens (tertiary/aromatic N) is 1. The minimum absolute atomic E-state index is 0.0628. The third-order valence-electron chi connectivity index (χ3n) is 2.50. The lowest BCUT2D eigenvalue weighted by molar-refractivity contribution is -0.123. The van der Waals surface area contributed by atoms with Gasteiger partial charge < -0.3 is 10.1 Å². The van der Waals surface area contributed by atoms with Crippen molar-refractivity contribution in [1.82, 2.24) is 5.32 Å². The van der Waals surface area contributed by atoms with Gasteiger partial charge in [0.05, 0.1) is 5.56 Å². The fourth-order valence-corrected chi connectivity index (χ4v) is 1.65. The molecule has 0 radical (unpaired) electrons. The van der Waals surface area contributed by atoms with Crippen molar-refractivity contribution in [2.75, 3.05) is 6.61 Å². The summed E-state index contributed by atoms with van der Waals surface area (Å²) in [5.41, 5.74) is 0.437. The molecule has 1 aromatic carbocycles. The average Bonchev–Trinajstić information content (AvgIpc) is 2.37. The maximum atomic E-state index is 11.6. The van der Waals surface area contributed by atoms with Crippen molar-refractivity contribution < 1.29 is 9.53 Å². The number of ether oxygens (including phenoxy) is 1. The lowest BCUT2D eigenvalue weighted by Gasteiger charge is -2.13. The Labute approximate surface area is 108 Å². The van der Waals surface area contributed by atoms with Crippen LogP contribution in [0.2, 0.25) is 0 Å². The van der Waals surface area contributed by atoms with Crippen LogP contribution in [0.3, 0.4) is 0 Å². The number of nitrogens with one attached hydrogen (secondary N) is 1. The van der Waals surface area contributed by atoms with E-state index in [0.29, 0.717) is 11.3 Å². The number of carbonyl (C=O) groups excluding carboxylic acids is 1. The summed E-state index contributed by atoms with van der Waals surface area (Å²) in [6, 6.07) is 9.05. The highest BCUT2D eigenvalue weighted by Crippen LogP contribution is 2.16. The summed E-state index contributed by atoms with van der Waals surface area (Å²) < 4.78 is 5.33. The van der Waals surface area contributed by atoms with Crippen LogP contribution in [0.1, 0.15) is 32.3 Å². The fourth-order valence-electron chi connectivity index (χ4n) is 1.65. The topological polar surface area (TPSA) is 62.1 Å². The van der Waals surface area contributed by atoms with Gasteiger partial charge in [-0.3, -0.25) is 4.79 Å². The van der Waals surface area contributed by atoms with E-state index in [9.17, 15) is 4.79 Å². The van der Waals surface area contributed by atoms with Crippen LogP contribution in [-0.2, 0) is 4.79 Å². The molecule has 0 saturated heterocycles. The Morgan fingerprint density at radius 1 is 1.50 bits per heavy atom. The first-order valence-electron chi connectivity index (χ1n) is 6.08. The van der Waals surface area contributed by atoms with Gasteiger partial charge in [0.25, 0.3) is 5.91 Å². The fraction of sp³-hybridized carbons (Fsp3) is 0.429. The van der Waals surface area contributed by atoms with Gasteiger partial charge in [0.2, 0.25) is 0 Å². The van der Waals surface area contributed by atoms with Gasteiger partial charge >= 0.3 is 0 Å². The van der Waals surface area contributed by atoms with Gasteiger partial charge in [-0.05, 0) is 25.5 Å². The second-order valence-corrected chi connectivity index (χ2v) is 4.15. The Balaban J connectivity index is 2.45. The molecule has 18 heavy (non-hydrogen) atoms. The van der Waals surface area contributed by atoms with Gasteiger partial charge in [-0.15, -0.1) is 0 Å². The van der Waals surface area contributed by atoms with E-state index in [1.165, 1.54) is 0 Å². The standard InChI is InChI=1S/C14H18N2O2/c1-3-6-11(2)16-14(17)10-18-13-8-5-4-7-12(13)9-15/h4-5,7-8,11H,3,6,10H2,1-2H3,(H,16,17)/t11-/m1/s1. The number of rotatable bonds is 6. The van der Waals surface area contributed by atoms with Crippen LogP contribution in [0.25, 0.3) is 0 Å². The van der Waals surface area contributed by atoms with Gasteiger partial charge in [0.1, 0.15) is 11.8 Å². The summed E-state index contributed by atoms with van der Waals surface area (Å²) in [6.45, 7) is 3.97. The molecule has 96 valence electrons. The Hall–Kier alpha value is -2.02.